The molecule has 0 saturated carbocycles. The first kappa shape index (κ1) is 16.6. The summed E-state index contributed by atoms with van der Waals surface area (Å²) in [6.07, 6.45) is 0. The van der Waals surface area contributed by atoms with Crippen LogP contribution in [0.15, 0.2) is 48.5 Å². The zero-order chi connectivity index (χ0) is 15.9. The second-order valence-corrected chi connectivity index (χ2v) is 6.06. The van der Waals surface area contributed by atoms with E-state index in [-0.39, 0.29) is 12.5 Å². The quantitative estimate of drug-likeness (QED) is 0.743. The third-order valence-corrected chi connectivity index (χ3v) is 4.27. The molecule has 0 heterocycles. The number of amides is 1. The molecule has 2 aromatic rings. The summed E-state index contributed by atoms with van der Waals surface area (Å²) >= 11 is 2.25. The largest absolute Gasteiger partial charge is 0.496 e. The first-order valence-corrected chi connectivity index (χ1v) is 8.04. The lowest BCUT2D eigenvalue weighted by Crippen LogP contribution is -2.32. The summed E-state index contributed by atoms with van der Waals surface area (Å²) in [6.45, 7) is 0.794. The molecule has 22 heavy (non-hydrogen) atoms. The number of ether oxygens (including phenoxy) is 1. The molecule has 2 aromatic carbocycles. The van der Waals surface area contributed by atoms with Gasteiger partial charge in [0.25, 0.3) is 0 Å². The zero-order valence-electron chi connectivity index (χ0n) is 12.7. The number of nitrogens with one attached hydrogen (secondary N) is 1. The molecule has 0 aliphatic heterocycles. The smallest absolute Gasteiger partial charge is 0.241 e. The summed E-state index contributed by atoms with van der Waals surface area (Å²) in [5, 5.41) is 3.18. The van der Waals surface area contributed by atoms with Gasteiger partial charge in [0.1, 0.15) is 5.75 Å². The predicted molar refractivity (Wildman–Crippen MR) is 97.1 cm³/mol. The molecule has 0 unspecified atom stereocenters. The number of hydrogen-bond donors (Lipinski definition) is 1. The van der Waals surface area contributed by atoms with Gasteiger partial charge in [-0.1, -0.05) is 30.3 Å². The van der Waals surface area contributed by atoms with Crippen molar-refractivity contribution in [1.82, 2.24) is 4.90 Å². The van der Waals surface area contributed by atoms with Crippen molar-refractivity contribution in [3.05, 3.63) is 57.7 Å². The second-order valence-electron chi connectivity index (χ2n) is 4.90. The molecular weight excluding hydrogens is 391 g/mol. The fourth-order valence-electron chi connectivity index (χ4n) is 2.09. The highest BCUT2D eigenvalue weighted by Gasteiger charge is 2.12. The second kappa shape index (κ2) is 8.03. The van der Waals surface area contributed by atoms with Crippen LogP contribution in [0.25, 0.3) is 0 Å². The summed E-state index contributed by atoms with van der Waals surface area (Å²) in [5.41, 5.74) is 1.97. The number of halogens is 1. The first-order chi connectivity index (χ1) is 10.6. The van der Waals surface area contributed by atoms with Crippen LogP contribution in [0.1, 0.15) is 5.56 Å². The lowest BCUT2D eigenvalue weighted by molar-refractivity contribution is -0.128. The molecule has 0 fully saturated rings. The number of para-hydroxylation sites is 2. The van der Waals surface area contributed by atoms with Gasteiger partial charge in [-0.3, -0.25) is 4.79 Å². The standard InChI is InChI=1S/C17H19IN2O2/c1-20(12-13-7-3-6-10-16(13)22-2)17(21)11-19-15-9-5-4-8-14(15)18/h3-10,19H,11-12H2,1-2H3. The average Bonchev–Trinajstić information content (AvgIpc) is 2.54. The number of carbonyl (C=O) groups is 1. The van der Waals surface area contributed by atoms with Crippen LogP contribution in [-0.2, 0) is 11.3 Å². The Labute approximate surface area is 144 Å². The minimum atomic E-state index is 0.0329. The Morgan fingerprint density at radius 3 is 2.59 bits per heavy atom. The number of benzene rings is 2. The van der Waals surface area contributed by atoms with Crippen molar-refractivity contribution in [3.63, 3.8) is 0 Å². The number of rotatable bonds is 6. The van der Waals surface area contributed by atoms with Crippen LogP contribution in [-0.4, -0.2) is 31.5 Å². The topological polar surface area (TPSA) is 41.6 Å². The number of nitrogens with zero attached hydrogens (tertiary/aromatic N) is 1. The van der Waals surface area contributed by atoms with Crippen LogP contribution in [0.4, 0.5) is 5.69 Å². The van der Waals surface area contributed by atoms with E-state index in [0.717, 1.165) is 20.6 Å². The molecule has 0 aliphatic carbocycles. The van der Waals surface area contributed by atoms with Crippen LogP contribution >= 0.6 is 22.6 Å². The van der Waals surface area contributed by atoms with Crippen molar-refractivity contribution < 1.29 is 9.53 Å². The summed E-state index contributed by atoms with van der Waals surface area (Å²) in [6, 6.07) is 15.6. The minimum Gasteiger partial charge on any atom is -0.496 e. The first-order valence-electron chi connectivity index (χ1n) is 6.96. The van der Waals surface area contributed by atoms with Gasteiger partial charge < -0.3 is 15.0 Å². The summed E-state index contributed by atoms with van der Waals surface area (Å²) in [4.78, 5) is 13.9. The van der Waals surface area contributed by atoms with Crippen molar-refractivity contribution in [2.75, 3.05) is 26.0 Å². The SMILES string of the molecule is COc1ccccc1CN(C)C(=O)CNc1ccccc1I. The van der Waals surface area contributed by atoms with Gasteiger partial charge in [0.05, 0.1) is 13.7 Å². The Kier molecular flexibility index (Phi) is 6.06. The predicted octanol–water partition coefficient (Wildman–Crippen LogP) is 3.37. The van der Waals surface area contributed by atoms with Crippen molar-refractivity contribution >= 4 is 34.2 Å². The number of anilines is 1. The van der Waals surface area contributed by atoms with E-state index < -0.39 is 0 Å². The van der Waals surface area contributed by atoms with Crippen molar-refractivity contribution in [1.29, 1.82) is 0 Å². The summed E-state index contributed by atoms with van der Waals surface area (Å²) < 4.78 is 6.41. The Morgan fingerprint density at radius 1 is 1.18 bits per heavy atom. The zero-order valence-corrected chi connectivity index (χ0v) is 14.8. The van der Waals surface area contributed by atoms with Gasteiger partial charge in [0.15, 0.2) is 0 Å². The van der Waals surface area contributed by atoms with Crippen LogP contribution in [0.2, 0.25) is 0 Å². The molecule has 0 bridgehead atoms. The van der Waals surface area contributed by atoms with Gasteiger partial charge in [-0.15, -0.1) is 0 Å². The van der Waals surface area contributed by atoms with Crippen LogP contribution in [0, 0.1) is 3.57 Å². The van der Waals surface area contributed by atoms with E-state index in [2.05, 4.69) is 27.9 Å². The monoisotopic (exact) mass is 410 g/mol. The molecule has 0 radical (unpaired) electrons. The van der Waals surface area contributed by atoms with E-state index in [1.165, 1.54) is 0 Å². The van der Waals surface area contributed by atoms with Gasteiger partial charge in [0.2, 0.25) is 5.91 Å². The minimum absolute atomic E-state index is 0.0329. The van der Waals surface area contributed by atoms with Crippen molar-refractivity contribution in [2.45, 2.75) is 6.54 Å². The Bertz CT molecular complexity index is 646. The van der Waals surface area contributed by atoms with E-state index >= 15 is 0 Å². The molecule has 4 nitrogen and oxygen atoms in total. The van der Waals surface area contributed by atoms with Crippen molar-refractivity contribution in [3.8, 4) is 5.75 Å². The molecule has 0 atom stereocenters. The highest BCUT2D eigenvalue weighted by Crippen LogP contribution is 2.19. The molecule has 2 rings (SSSR count). The molecular formula is C17H19IN2O2. The number of carbonyl (C=O) groups excluding carboxylic acids is 1. The molecule has 1 amide bonds. The average molecular weight is 410 g/mol. The van der Waals surface area contributed by atoms with E-state index in [1.54, 1.807) is 19.1 Å². The maximum absolute atomic E-state index is 12.3. The number of hydrogen-bond acceptors (Lipinski definition) is 3. The summed E-state index contributed by atoms with van der Waals surface area (Å²) in [5.74, 6) is 0.832. The summed E-state index contributed by atoms with van der Waals surface area (Å²) in [7, 11) is 3.44. The molecule has 0 spiro atoms. The van der Waals surface area contributed by atoms with Gasteiger partial charge in [-0.2, -0.15) is 0 Å². The third-order valence-electron chi connectivity index (χ3n) is 3.33. The van der Waals surface area contributed by atoms with Crippen LogP contribution in [0.5, 0.6) is 5.75 Å². The number of likely N-dealkylation sites (N-methyl/N-ethyl adjacent to an activating group) is 1. The highest BCUT2D eigenvalue weighted by molar-refractivity contribution is 14.1. The normalized spacial score (nSPS) is 10.1. The van der Waals surface area contributed by atoms with Gasteiger partial charge in [-0.05, 0) is 40.8 Å². The fourth-order valence-corrected chi connectivity index (χ4v) is 2.67. The third kappa shape index (κ3) is 4.37. The van der Waals surface area contributed by atoms with E-state index in [4.69, 9.17) is 4.74 Å². The molecule has 0 aromatic heterocycles. The maximum Gasteiger partial charge on any atom is 0.241 e. The molecule has 1 N–H and O–H groups in total. The van der Waals surface area contributed by atoms with Gasteiger partial charge in [0, 0.05) is 28.4 Å². The number of methoxy groups -OCH3 is 1. The van der Waals surface area contributed by atoms with Gasteiger partial charge >= 0.3 is 0 Å². The fraction of sp³-hybridized carbons (Fsp3) is 0.235. The van der Waals surface area contributed by atoms with E-state index in [0.29, 0.717) is 6.54 Å². The Balaban J connectivity index is 1.94. The molecule has 116 valence electrons. The van der Waals surface area contributed by atoms with E-state index in [9.17, 15) is 4.79 Å². The molecule has 0 saturated heterocycles. The van der Waals surface area contributed by atoms with Crippen LogP contribution < -0.4 is 10.1 Å². The van der Waals surface area contributed by atoms with Gasteiger partial charge in [-0.25, -0.2) is 0 Å². The lowest BCUT2D eigenvalue weighted by atomic mass is 10.2. The Morgan fingerprint density at radius 2 is 1.86 bits per heavy atom. The molecule has 5 heteroatoms. The Hall–Kier alpha value is -1.76. The van der Waals surface area contributed by atoms with Crippen molar-refractivity contribution in [2.24, 2.45) is 0 Å². The molecule has 0 aliphatic rings. The highest BCUT2D eigenvalue weighted by atomic mass is 127. The van der Waals surface area contributed by atoms with E-state index in [1.807, 2.05) is 48.5 Å². The lowest BCUT2D eigenvalue weighted by Gasteiger charge is -2.19. The maximum atomic E-state index is 12.3. The van der Waals surface area contributed by atoms with Crippen LogP contribution in [0.3, 0.4) is 0 Å².